The van der Waals surface area contributed by atoms with Crippen LogP contribution in [0.25, 0.3) is 0 Å². The zero-order valence-electron chi connectivity index (χ0n) is 15.7. The molecular weight excluding hydrogens is 370 g/mol. The molecule has 0 unspecified atom stereocenters. The molecule has 0 bridgehead atoms. The lowest BCUT2D eigenvalue weighted by Gasteiger charge is -2.10. The van der Waals surface area contributed by atoms with Crippen LogP contribution in [0.15, 0.2) is 72.8 Å². The molecule has 3 aromatic rings. The summed E-state index contributed by atoms with van der Waals surface area (Å²) in [4.78, 5) is 40.9. The maximum Gasteiger partial charge on any atom is 0.339 e. The number of carbonyl (C=O) groups is 3. The summed E-state index contributed by atoms with van der Waals surface area (Å²) in [6.45, 7) is 0.351. The van der Waals surface area contributed by atoms with Gasteiger partial charge in [-0.1, -0.05) is 48.5 Å². The number of hydrogen-bond acceptors (Lipinski definition) is 5. The van der Waals surface area contributed by atoms with Gasteiger partial charge in [0.05, 0.1) is 18.4 Å². The van der Waals surface area contributed by atoms with Gasteiger partial charge in [-0.05, 0) is 29.8 Å². The van der Waals surface area contributed by atoms with Gasteiger partial charge in [-0.15, -0.1) is 0 Å². The maximum atomic E-state index is 12.6. The summed E-state index contributed by atoms with van der Waals surface area (Å²) in [5, 5.41) is 5.40. The molecule has 0 saturated carbocycles. The Morgan fingerprint density at radius 1 is 0.828 bits per heavy atom. The summed E-state index contributed by atoms with van der Waals surface area (Å²) in [7, 11) is 1.26. The Kier molecular flexibility index (Phi) is 6.32. The van der Waals surface area contributed by atoms with E-state index in [-0.39, 0.29) is 17.0 Å². The number of rotatable bonds is 6. The number of anilines is 1. The third-order valence-electron chi connectivity index (χ3n) is 4.09. The molecule has 7 nitrogen and oxygen atoms in total. The van der Waals surface area contributed by atoms with E-state index in [9.17, 15) is 14.4 Å². The Morgan fingerprint density at radius 3 is 2.21 bits per heavy atom. The lowest BCUT2D eigenvalue weighted by atomic mass is 10.1. The van der Waals surface area contributed by atoms with Crippen LogP contribution < -0.4 is 10.6 Å². The first kappa shape index (κ1) is 19.8. The highest BCUT2D eigenvalue weighted by Gasteiger charge is 2.16. The minimum Gasteiger partial charge on any atom is -0.465 e. The summed E-state index contributed by atoms with van der Waals surface area (Å²) in [6, 6.07) is 20.5. The lowest BCUT2D eigenvalue weighted by molar-refractivity contribution is 0.0601. The number of aromatic nitrogens is 1. The van der Waals surface area contributed by atoms with E-state index in [0.717, 1.165) is 5.56 Å². The van der Waals surface area contributed by atoms with Crippen LogP contribution in [-0.2, 0) is 11.3 Å². The molecule has 146 valence electrons. The van der Waals surface area contributed by atoms with Crippen LogP contribution in [0, 0.1) is 0 Å². The average Bonchev–Trinajstić information content (AvgIpc) is 2.78. The van der Waals surface area contributed by atoms with E-state index in [4.69, 9.17) is 4.74 Å². The number of methoxy groups -OCH3 is 1. The Balaban J connectivity index is 1.71. The number of para-hydroxylation sites is 1. The number of benzene rings is 2. The van der Waals surface area contributed by atoms with Gasteiger partial charge >= 0.3 is 5.97 Å². The molecular formula is C22H19N3O4. The molecule has 2 N–H and O–H groups in total. The Labute approximate surface area is 167 Å². The van der Waals surface area contributed by atoms with Crippen molar-refractivity contribution < 1.29 is 19.1 Å². The van der Waals surface area contributed by atoms with Crippen LogP contribution in [0.1, 0.15) is 36.9 Å². The molecule has 0 aliphatic carbocycles. The second kappa shape index (κ2) is 9.27. The molecule has 0 aliphatic heterocycles. The van der Waals surface area contributed by atoms with Crippen LogP contribution in [-0.4, -0.2) is 29.9 Å². The smallest absolute Gasteiger partial charge is 0.339 e. The molecule has 0 radical (unpaired) electrons. The quantitative estimate of drug-likeness (QED) is 0.632. The van der Waals surface area contributed by atoms with Crippen molar-refractivity contribution in [2.45, 2.75) is 6.54 Å². The molecule has 0 saturated heterocycles. The number of carbonyl (C=O) groups excluding carboxylic acids is 3. The third-order valence-corrected chi connectivity index (χ3v) is 4.09. The highest BCUT2D eigenvalue weighted by molar-refractivity contribution is 6.07. The first-order valence-corrected chi connectivity index (χ1v) is 8.86. The van der Waals surface area contributed by atoms with E-state index in [1.807, 2.05) is 30.3 Å². The predicted molar refractivity (Wildman–Crippen MR) is 108 cm³/mol. The summed E-state index contributed by atoms with van der Waals surface area (Å²) in [5.41, 5.74) is 1.64. The fourth-order valence-electron chi connectivity index (χ4n) is 2.62. The van der Waals surface area contributed by atoms with E-state index < -0.39 is 17.8 Å². The largest absolute Gasteiger partial charge is 0.465 e. The molecule has 3 rings (SSSR count). The fraction of sp³-hybridized carbons (Fsp3) is 0.0909. The van der Waals surface area contributed by atoms with E-state index >= 15 is 0 Å². The van der Waals surface area contributed by atoms with Crippen molar-refractivity contribution in [3.63, 3.8) is 0 Å². The Bertz CT molecular complexity index is 1030. The minimum atomic E-state index is -0.567. The molecule has 0 fully saturated rings. The number of esters is 1. The Hall–Kier alpha value is -4.00. The highest BCUT2D eigenvalue weighted by Crippen LogP contribution is 2.17. The van der Waals surface area contributed by atoms with Crippen LogP contribution in [0.2, 0.25) is 0 Å². The molecule has 0 aliphatic rings. The number of ether oxygens (including phenoxy) is 1. The second-order valence-electron chi connectivity index (χ2n) is 6.07. The SMILES string of the molecule is COC(=O)c1ccccc1NC(=O)c1cccc(C(=O)NCc2ccccc2)n1. The van der Waals surface area contributed by atoms with Gasteiger partial charge in [-0.3, -0.25) is 9.59 Å². The molecule has 0 spiro atoms. The topological polar surface area (TPSA) is 97.4 Å². The number of pyridine rings is 1. The van der Waals surface area contributed by atoms with Gasteiger partial charge in [0.1, 0.15) is 11.4 Å². The number of amides is 2. The van der Waals surface area contributed by atoms with Gasteiger partial charge in [0, 0.05) is 6.54 Å². The zero-order chi connectivity index (χ0) is 20.6. The normalized spacial score (nSPS) is 10.1. The van der Waals surface area contributed by atoms with Gasteiger partial charge in [0.15, 0.2) is 0 Å². The second-order valence-corrected chi connectivity index (χ2v) is 6.07. The van der Waals surface area contributed by atoms with Crippen molar-refractivity contribution in [2.24, 2.45) is 0 Å². The summed E-state index contributed by atoms with van der Waals surface area (Å²) < 4.78 is 4.72. The minimum absolute atomic E-state index is 0.0528. The lowest BCUT2D eigenvalue weighted by Crippen LogP contribution is -2.25. The molecule has 0 atom stereocenters. The zero-order valence-corrected chi connectivity index (χ0v) is 15.7. The fourth-order valence-corrected chi connectivity index (χ4v) is 2.62. The monoisotopic (exact) mass is 389 g/mol. The predicted octanol–water partition coefficient (Wildman–Crippen LogP) is 3.05. The van der Waals surface area contributed by atoms with Gasteiger partial charge in [0.2, 0.25) is 0 Å². The van der Waals surface area contributed by atoms with Crippen molar-refractivity contribution >= 4 is 23.5 Å². The molecule has 29 heavy (non-hydrogen) atoms. The third kappa shape index (κ3) is 5.04. The number of nitrogens with one attached hydrogen (secondary N) is 2. The van der Waals surface area contributed by atoms with Gasteiger partial charge < -0.3 is 15.4 Å². The first-order valence-electron chi connectivity index (χ1n) is 8.86. The van der Waals surface area contributed by atoms with Gasteiger partial charge in [0.25, 0.3) is 11.8 Å². The van der Waals surface area contributed by atoms with Gasteiger partial charge in [-0.25, -0.2) is 9.78 Å². The molecule has 1 heterocycles. The number of nitrogens with zero attached hydrogens (tertiary/aromatic N) is 1. The standard InChI is InChI=1S/C22H19N3O4/c1-29-22(28)16-10-5-6-11-17(16)25-21(27)19-13-7-12-18(24-19)20(26)23-14-15-8-3-2-4-9-15/h2-13H,14H2,1H3,(H,23,26)(H,25,27). The van der Waals surface area contributed by atoms with Crippen molar-refractivity contribution in [1.29, 1.82) is 0 Å². The summed E-state index contributed by atoms with van der Waals surface area (Å²) >= 11 is 0. The highest BCUT2D eigenvalue weighted by atomic mass is 16.5. The Morgan fingerprint density at radius 2 is 1.48 bits per heavy atom. The van der Waals surface area contributed by atoms with Crippen molar-refractivity contribution in [3.8, 4) is 0 Å². The maximum absolute atomic E-state index is 12.6. The van der Waals surface area contributed by atoms with Crippen molar-refractivity contribution in [3.05, 3.63) is 95.3 Å². The summed E-state index contributed by atoms with van der Waals surface area (Å²) in [5.74, 6) is -1.50. The summed E-state index contributed by atoms with van der Waals surface area (Å²) in [6.07, 6.45) is 0. The van der Waals surface area contributed by atoms with E-state index in [2.05, 4.69) is 15.6 Å². The molecule has 2 amide bonds. The van der Waals surface area contributed by atoms with Gasteiger partial charge in [-0.2, -0.15) is 0 Å². The van der Waals surface area contributed by atoms with Crippen LogP contribution in [0.5, 0.6) is 0 Å². The van der Waals surface area contributed by atoms with Crippen LogP contribution in [0.3, 0.4) is 0 Å². The van der Waals surface area contributed by atoms with Crippen LogP contribution in [0.4, 0.5) is 5.69 Å². The molecule has 1 aromatic heterocycles. The molecule has 2 aromatic carbocycles. The van der Waals surface area contributed by atoms with Crippen molar-refractivity contribution in [1.82, 2.24) is 10.3 Å². The van der Waals surface area contributed by atoms with E-state index in [1.165, 1.54) is 19.2 Å². The van der Waals surface area contributed by atoms with Crippen molar-refractivity contribution in [2.75, 3.05) is 12.4 Å². The average molecular weight is 389 g/mol. The van der Waals surface area contributed by atoms with E-state index in [1.54, 1.807) is 30.3 Å². The van der Waals surface area contributed by atoms with E-state index in [0.29, 0.717) is 12.2 Å². The van der Waals surface area contributed by atoms with Crippen LogP contribution >= 0.6 is 0 Å². The number of hydrogen-bond donors (Lipinski definition) is 2. The molecule has 7 heteroatoms. The first-order chi connectivity index (χ1) is 14.1.